The third-order valence-corrected chi connectivity index (χ3v) is 3.45. The molecule has 0 amide bonds. The molecule has 0 spiro atoms. The molecule has 3 rings (SSSR count). The minimum Gasteiger partial charge on any atom is -0.406 e. The Morgan fingerprint density at radius 3 is 2.25 bits per heavy atom. The first-order valence-electron chi connectivity index (χ1n) is 7.32. The Bertz CT molecular complexity index is 808. The largest absolute Gasteiger partial charge is 0.573 e. The van der Waals surface area contributed by atoms with Crippen LogP contribution in [0.15, 0.2) is 54.9 Å². The topological polar surface area (TPSA) is 39.9 Å². The van der Waals surface area contributed by atoms with Crippen LogP contribution >= 0.6 is 0 Å². The summed E-state index contributed by atoms with van der Waals surface area (Å²) in [5.41, 5.74) is 2.69. The average molecular weight is 333 g/mol. The molecular weight excluding hydrogens is 319 g/mol. The van der Waals surface area contributed by atoms with Crippen LogP contribution in [0.5, 0.6) is 5.75 Å². The molecule has 1 aromatic heterocycles. The van der Waals surface area contributed by atoms with Crippen molar-refractivity contribution in [2.24, 2.45) is 0 Å². The van der Waals surface area contributed by atoms with Crippen molar-refractivity contribution in [3.8, 4) is 22.8 Å². The molecule has 0 atom stereocenters. The lowest BCUT2D eigenvalue weighted by molar-refractivity contribution is -0.274. The molecule has 0 saturated heterocycles. The second-order valence-corrected chi connectivity index (χ2v) is 5.10. The molecule has 0 fully saturated rings. The zero-order chi connectivity index (χ0) is 17.2. The van der Waals surface area contributed by atoms with E-state index in [2.05, 4.69) is 21.7 Å². The van der Waals surface area contributed by atoms with Crippen LogP contribution < -0.4 is 4.74 Å². The van der Waals surface area contributed by atoms with Gasteiger partial charge in [0.1, 0.15) is 12.1 Å². The van der Waals surface area contributed by atoms with E-state index in [1.165, 1.54) is 40.8 Å². The first-order chi connectivity index (χ1) is 11.4. The second kappa shape index (κ2) is 6.35. The highest BCUT2D eigenvalue weighted by Gasteiger charge is 2.30. The number of nitrogens with zero attached hydrogens (tertiary/aromatic N) is 3. The third kappa shape index (κ3) is 3.73. The molecule has 24 heavy (non-hydrogen) atoms. The van der Waals surface area contributed by atoms with Crippen molar-refractivity contribution in [3.05, 3.63) is 60.4 Å². The minimum atomic E-state index is -4.70. The molecule has 3 aromatic rings. The monoisotopic (exact) mass is 333 g/mol. The molecule has 124 valence electrons. The molecule has 0 aliphatic rings. The molecule has 4 nitrogen and oxygen atoms in total. The van der Waals surface area contributed by atoms with Crippen molar-refractivity contribution in [2.45, 2.75) is 19.7 Å². The molecule has 0 bridgehead atoms. The number of rotatable bonds is 4. The van der Waals surface area contributed by atoms with Gasteiger partial charge in [-0.2, -0.15) is 0 Å². The van der Waals surface area contributed by atoms with Crippen LogP contribution in [0.4, 0.5) is 13.2 Å². The van der Waals surface area contributed by atoms with Crippen LogP contribution in [-0.2, 0) is 6.42 Å². The number of aryl methyl sites for hydroxylation is 1. The summed E-state index contributed by atoms with van der Waals surface area (Å²) in [5.74, 6) is 0.273. The summed E-state index contributed by atoms with van der Waals surface area (Å²) in [7, 11) is 0. The number of halogens is 3. The number of hydrogen-bond donors (Lipinski definition) is 0. The van der Waals surface area contributed by atoms with Crippen LogP contribution in [0.25, 0.3) is 17.1 Å². The molecule has 7 heteroatoms. The maximum atomic E-state index is 12.2. The molecule has 0 unspecified atom stereocenters. The Labute approximate surface area is 136 Å². The Balaban J connectivity index is 1.79. The van der Waals surface area contributed by atoms with E-state index in [-0.39, 0.29) is 5.75 Å². The van der Waals surface area contributed by atoms with Crippen molar-refractivity contribution in [2.75, 3.05) is 0 Å². The lowest BCUT2D eigenvalue weighted by atomic mass is 10.1. The first kappa shape index (κ1) is 16.0. The van der Waals surface area contributed by atoms with Gasteiger partial charge in [-0.3, -0.25) is 0 Å². The minimum absolute atomic E-state index is 0.276. The lowest BCUT2D eigenvalue weighted by Gasteiger charge is -2.09. The number of ether oxygens (including phenoxy) is 1. The maximum Gasteiger partial charge on any atom is 0.573 e. The van der Waals surface area contributed by atoms with Gasteiger partial charge in [-0.1, -0.05) is 31.2 Å². The fraction of sp³-hybridized carbons (Fsp3) is 0.176. The van der Waals surface area contributed by atoms with Crippen LogP contribution in [0.3, 0.4) is 0 Å². The fourth-order valence-corrected chi connectivity index (χ4v) is 2.21. The predicted octanol–water partition coefficient (Wildman–Crippen LogP) is 4.40. The van der Waals surface area contributed by atoms with Gasteiger partial charge >= 0.3 is 6.36 Å². The van der Waals surface area contributed by atoms with Gasteiger partial charge in [-0.25, -0.2) is 9.67 Å². The van der Waals surface area contributed by atoms with Crippen molar-refractivity contribution >= 4 is 0 Å². The summed E-state index contributed by atoms with van der Waals surface area (Å²) >= 11 is 0. The predicted molar refractivity (Wildman–Crippen MR) is 82.9 cm³/mol. The summed E-state index contributed by atoms with van der Waals surface area (Å²) in [4.78, 5) is 4.24. The molecule has 0 radical (unpaired) electrons. The highest BCUT2D eigenvalue weighted by molar-refractivity contribution is 5.55. The lowest BCUT2D eigenvalue weighted by Crippen LogP contribution is -2.17. The summed E-state index contributed by atoms with van der Waals surface area (Å²) < 4.78 is 41.8. The summed E-state index contributed by atoms with van der Waals surface area (Å²) in [6, 6.07) is 13.4. The third-order valence-electron chi connectivity index (χ3n) is 3.45. The molecule has 0 aliphatic carbocycles. The van der Waals surface area contributed by atoms with Gasteiger partial charge in [0, 0.05) is 5.56 Å². The molecule has 0 aliphatic heterocycles. The number of aromatic nitrogens is 3. The first-order valence-corrected chi connectivity index (χ1v) is 7.32. The van der Waals surface area contributed by atoms with Crippen LogP contribution in [-0.4, -0.2) is 21.1 Å². The zero-order valence-corrected chi connectivity index (χ0v) is 12.8. The smallest absolute Gasteiger partial charge is 0.406 e. The van der Waals surface area contributed by atoms with E-state index >= 15 is 0 Å². The summed E-state index contributed by atoms with van der Waals surface area (Å²) in [5, 5.41) is 4.35. The standard InChI is InChI=1S/C17H14F3N3O/c1-2-12-3-5-13(6-4-12)16-21-11-23(22-16)14-7-9-15(10-8-14)24-17(18,19)20/h3-11H,2H2,1H3. The van der Waals surface area contributed by atoms with E-state index in [1.54, 1.807) is 0 Å². The highest BCUT2D eigenvalue weighted by atomic mass is 19.4. The van der Waals surface area contributed by atoms with Gasteiger partial charge in [-0.15, -0.1) is 18.3 Å². The molecular formula is C17H14F3N3O. The fourth-order valence-electron chi connectivity index (χ4n) is 2.21. The van der Waals surface area contributed by atoms with E-state index in [9.17, 15) is 13.2 Å². The van der Waals surface area contributed by atoms with Gasteiger partial charge in [0.2, 0.25) is 0 Å². The van der Waals surface area contributed by atoms with Crippen molar-refractivity contribution in [3.63, 3.8) is 0 Å². The Kier molecular flexibility index (Phi) is 4.24. The van der Waals surface area contributed by atoms with Gasteiger partial charge in [-0.05, 0) is 36.2 Å². The van der Waals surface area contributed by atoms with Crippen molar-refractivity contribution in [1.29, 1.82) is 0 Å². The zero-order valence-electron chi connectivity index (χ0n) is 12.8. The molecule has 1 heterocycles. The van der Waals surface area contributed by atoms with E-state index in [0.29, 0.717) is 11.5 Å². The number of alkyl halides is 3. The Hall–Kier alpha value is -2.83. The maximum absolute atomic E-state index is 12.2. The van der Waals surface area contributed by atoms with Crippen molar-refractivity contribution in [1.82, 2.24) is 14.8 Å². The summed E-state index contributed by atoms with van der Waals surface area (Å²) in [6.45, 7) is 2.08. The Morgan fingerprint density at radius 1 is 1.00 bits per heavy atom. The van der Waals surface area contributed by atoms with E-state index in [1.807, 2.05) is 24.3 Å². The van der Waals surface area contributed by atoms with Gasteiger partial charge in [0.25, 0.3) is 0 Å². The second-order valence-electron chi connectivity index (χ2n) is 5.10. The molecule has 0 saturated carbocycles. The number of hydrogen-bond acceptors (Lipinski definition) is 3. The van der Waals surface area contributed by atoms with Crippen LogP contribution in [0.1, 0.15) is 12.5 Å². The van der Waals surface area contributed by atoms with Crippen molar-refractivity contribution < 1.29 is 17.9 Å². The summed E-state index contributed by atoms with van der Waals surface area (Å²) in [6.07, 6.45) is -2.23. The average Bonchev–Trinajstić information content (AvgIpc) is 3.04. The van der Waals surface area contributed by atoms with E-state index in [4.69, 9.17) is 0 Å². The SMILES string of the molecule is CCc1ccc(-c2ncn(-c3ccc(OC(F)(F)F)cc3)n2)cc1. The van der Waals surface area contributed by atoms with Crippen LogP contribution in [0, 0.1) is 0 Å². The van der Waals surface area contributed by atoms with Crippen LogP contribution in [0.2, 0.25) is 0 Å². The van der Waals surface area contributed by atoms with Gasteiger partial charge in [0.15, 0.2) is 5.82 Å². The van der Waals surface area contributed by atoms with E-state index in [0.717, 1.165) is 12.0 Å². The highest BCUT2D eigenvalue weighted by Crippen LogP contribution is 2.24. The van der Waals surface area contributed by atoms with Gasteiger partial charge in [0.05, 0.1) is 5.69 Å². The Morgan fingerprint density at radius 2 is 1.67 bits per heavy atom. The normalized spacial score (nSPS) is 11.5. The quantitative estimate of drug-likeness (QED) is 0.711. The molecule has 2 aromatic carbocycles. The molecule has 0 N–H and O–H groups in total. The number of benzene rings is 2. The van der Waals surface area contributed by atoms with E-state index < -0.39 is 6.36 Å². The van der Waals surface area contributed by atoms with Gasteiger partial charge < -0.3 is 4.74 Å².